The molecule has 2 heterocycles. The first kappa shape index (κ1) is 25.1. The van der Waals surface area contributed by atoms with Crippen molar-refractivity contribution in [3.8, 4) is 0 Å². The highest BCUT2D eigenvalue weighted by molar-refractivity contribution is 5.85. The number of hydrogen-bond donors (Lipinski definition) is 3. The van der Waals surface area contributed by atoms with Crippen molar-refractivity contribution in [2.75, 3.05) is 13.7 Å². The van der Waals surface area contributed by atoms with Crippen molar-refractivity contribution in [2.24, 2.45) is 5.92 Å². The molecule has 2 aliphatic rings. The number of carboxylic acid groups (broad SMARTS) is 1. The number of nitrogens with zero attached hydrogens (tertiary/aromatic N) is 1. The third-order valence-corrected chi connectivity index (χ3v) is 6.51. The third kappa shape index (κ3) is 6.10. The normalized spacial score (nSPS) is 28.0. The molecule has 1 aliphatic heterocycles. The maximum absolute atomic E-state index is 12.5. The van der Waals surface area contributed by atoms with Gasteiger partial charge >= 0.3 is 12.1 Å². The Labute approximate surface area is 194 Å². The number of aliphatic hydroxyl groups is 1. The third-order valence-electron chi connectivity index (χ3n) is 6.51. The van der Waals surface area contributed by atoms with Gasteiger partial charge in [-0.15, -0.1) is 0 Å². The van der Waals surface area contributed by atoms with E-state index in [4.69, 9.17) is 19.3 Å². The average molecular weight is 463 g/mol. The Bertz CT molecular complexity index is 873. The second kappa shape index (κ2) is 10.2. The minimum absolute atomic E-state index is 0.0645. The number of rotatable bonds is 9. The molecule has 3 N–H and O–H groups in total. The highest BCUT2D eigenvalue weighted by Gasteiger charge is 2.64. The number of carboxylic acids is 1. The molecule has 1 saturated carbocycles. The number of methoxy groups -OCH3 is 1. The van der Waals surface area contributed by atoms with Crippen LogP contribution in [0.4, 0.5) is 4.79 Å². The summed E-state index contributed by atoms with van der Waals surface area (Å²) in [6, 6.07) is 2.97. The highest BCUT2D eigenvalue weighted by atomic mass is 16.6. The van der Waals surface area contributed by atoms with Crippen LogP contribution in [-0.4, -0.2) is 64.4 Å². The Hall–Kier alpha value is -2.49. The van der Waals surface area contributed by atoms with E-state index in [2.05, 4.69) is 16.4 Å². The zero-order valence-corrected chi connectivity index (χ0v) is 19.7. The van der Waals surface area contributed by atoms with Crippen LogP contribution in [0.15, 0.2) is 30.0 Å². The van der Waals surface area contributed by atoms with Crippen LogP contribution in [0.5, 0.6) is 0 Å². The van der Waals surface area contributed by atoms with Gasteiger partial charge in [0.15, 0.2) is 0 Å². The summed E-state index contributed by atoms with van der Waals surface area (Å²) in [4.78, 5) is 27.2. The van der Waals surface area contributed by atoms with Gasteiger partial charge < -0.3 is 29.7 Å². The molecule has 3 rings (SSSR count). The van der Waals surface area contributed by atoms with Crippen molar-refractivity contribution in [1.82, 2.24) is 10.3 Å². The Morgan fingerprint density at radius 1 is 1.39 bits per heavy atom. The van der Waals surface area contributed by atoms with E-state index in [1.807, 2.05) is 20.8 Å². The van der Waals surface area contributed by atoms with E-state index in [9.17, 15) is 14.7 Å². The molecule has 1 aromatic heterocycles. The largest absolute Gasteiger partial charge is 0.477 e. The van der Waals surface area contributed by atoms with Crippen molar-refractivity contribution in [3.63, 3.8) is 0 Å². The lowest BCUT2D eigenvalue weighted by molar-refractivity contribution is -0.164. The number of carbonyl (C=O) groups is 2. The van der Waals surface area contributed by atoms with Gasteiger partial charge in [-0.1, -0.05) is 17.7 Å². The summed E-state index contributed by atoms with van der Waals surface area (Å²) in [5.74, 6) is -1.44. The van der Waals surface area contributed by atoms with Crippen LogP contribution in [0.3, 0.4) is 0 Å². The topological polar surface area (TPSA) is 131 Å². The number of alkyl carbamates (subject to hydrolysis) is 1. The van der Waals surface area contributed by atoms with Gasteiger partial charge in [0.05, 0.1) is 17.8 Å². The lowest BCUT2D eigenvalue weighted by Crippen LogP contribution is -2.59. The molecule has 5 atom stereocenters. The lowest BCUT2D eigenvalue weighted by Gasteiger charge is -2.47. The quantitative estimate of drug-likeness (QED) is 0.377. The molecule has 0 radical (unpaired) electrons. The molecule has 33 heavy (non-hydrogen) atoms. The van der Waals surface area contributed by atoms with Gasteiger partial charge in [-0.05, 0) is 58.1 Å². The molecule has 9 nitrogen and oxygen atoms in total. The number of pyridine rings is 1. The molecule has 2 fully saturated rings. The van der Waals surface area contributed by atoms with Crippen LogP contribution in [0.25, 0.3) is 0 Å². The fourth-order valence-electron chi connectivity index (χ4n) is 4.79. The second-order valence-corrected chi connectivity index (χ2v) is 9.40. The minimum Gasteiger partial charge on any atom is -0.477 e. The molecule has 1 saturated heterocycles. The molecule has 1 spiro atoms. The molecule has 0 unspecified atom stereocenters. The number of ether oxygens (including phenoxy) is 3. The van der Waals surface area contributed by atoms with Crippen molar-refractivity contribution >= 4 is 12.1 Å². The second-order valence-electron chi connectivity index (χ2n) is 9.40. The predicted molar refractivity (Wildman–Crippen MR) is 120 cm³/mol. The molecule has 1 aromatic rings. The maximum atomic E-state index is 12.5. The average Bonchev–Trinajstić information content (AvgIpc) is 3.52. The molecular formula is C24H34N2O7. The number of aromatic nitrogens is 1. The van der Waals surface area contributed by atoms with Gasteiger partial charge in [-0.3, -0.25) is 0 Å². The van der Waals surface area contributed by atoms with Crippen molar-refractivity contribution in [1.29, 1.82) is 0 Å². The van der Waals surface area contributed by atoms with Crippen LogP contribution in [0.2, 0.25) is 0 Å². The summed E-state index contributed by atoms with van der Waals surface area (Å²) in [5, 5.41) is 23.0. The molecule has 0 aromatic carbocycles. The standard InChI is InChI=1S/C24H34N2O7/c1-15(2)6-5-10-23(3,30)20-19(31-4)18(9-11-24(20)14-32-24)33-22(29)26-13-16-7-8-17(21(27)28)25-12-16/h6-8,12,18-20,30H,5,9-11,13-14H2,1-4H3,(H,26,29)(H,27,28)/t18-,19-,20-,23+,24+/m1/s1. The number of carbonyl (C=O) groups excluding carboxylic acids is 1. The van der Waals surface area contributed by atoms with Crippen LogP contribution >= 0.6 is 0 Å². The predicted octanol–water partition coefficient (Wildman–Crippen LogP) is 3.07. The number of nitrogens with one attached hydrogen (secondary N) is 1. The summed E-state index contributed by atoms with van der Waals surface area (Å²) in [5.41, 5.74) is 0.280. The zero-order chi connectivity index (χ0) is 24.2. The summed E-state index contributed by atoms with van der Waals surface area (Å²) in [7, 11) is 1.56. The molecule has 9 heteroatoms. The first-order valence-corrected chi connectivity index (χ1v) is 11.2. The highest BCUT2D eigenvalue weighted by Crippen LogP contribution is 2.52. The Kier molecular flexibility index (Phi) is 7.76. The van der Waals surface area contributed by atoms with Gasteiger partial charge in [-0.25, -0.2) is 14.6 Å². The van der Waals surface area contributed by atoms with Crippen molar-refractivity contribution in [2.45, 2.75) is 76.4 Å². The molecule has 182 valence electrons. The van der Waals surface area contributed by atoms with Crippen LogP contribution in [-0.2, 0) is 20.8 Å². The number of allylic oxidation sites excluding steroid dienone is 2. The Balaban J connectivity index is 1.63. The first-order chi connectivity index (χ1) is 15.6. The number of epoxide rings is 1. The van der Waals surface area contributed by atoms with Crippen molar-refractivity contribution < 1.29 is 34.0 Å². The molecule has 0 bridgehead atoms. The van der Waals surface area contributed by atoms with Gasteiger partial charge in [-0.2, -0.15) is 0 Å². The van der Waals surface area contributed by atoms with E-state index < -0.39 is 35.5 Å². The maximum Gasteiger partial charge on any atom is 0.407 e. The molecule has 1 aliphatic carbocycles. The number of amides is 1. The fraction of sp³-hybridized carbons (Fsp3) is 0.625. The lowest BCUT2D eigenvalue weighted by atomic mass is 9.66. The van der Waals surface area contributed by atoms with Crippen LogP contribution < -0.4 is 5.32 Å². The van der Waals surface area contributed by atoms with Gasteiger partial charge in [0, 0.05) is 25.8 Å². The van der Waals surface area contributed by atoms with E-state index in [0.29, 0.717) is 31.4 Å². The number of aromatic carboxylic acids is 1. The summed E-state index contributed by atoms with van der Waals surface area (Å²) in [6.45, 7) is 6.57. The minimum atomic E-state index is -1.11. The van der Waals surface area contributed by atoms with E-state index >= 15 is 0 Å². The SMILES string of the molecule is CO[C@@H]1[C@H](OC(=O)NCc2ccc(C(=O)O)nc2)CC[C@]2(CO2)[C@H]1[C@@](C)(O)CCC=C(C)C. The van der Waals surface area contributed by atoms with E-state index in [0.717, 1.165) is 6.42 Å². The van der Waals surface area contributed by atoms with Gasteiger partial charge in [0.2, 0.25) is 0 Å². The van der Waals surface area contributed by atoms with E-state index in [-0.39, 0.29) is 18.2 Å². The Morgan fingerprint density at radius 2 is 2.12 bits per heavy atom. The van der Waals surface area contributed by atoms with Crippen LogP contribution in [0.1, 0.15) is 62.5 Å². The summed E-state index contributed by atoms with van der Waals surface area (Å²) < 4.78 is 17.3. The zero-order valence-electron chi connectivity index (χ0n) is 19.7. The van der Waals surface area contributed by atoms with Gasteiger partial charge in [0.25, 0.3) is 0 Å². The Morgan fingerprint density at radius 3 is 2.67 bits per heavy atom. The van der Waals surface area contributed by atoms with E-state index in [1.54, 1.807) is 13.2 Å². The number of hydrogen-bond acceptors (Lipinski definition) is 7. The van der Waals surface area contributed by atoms with Gasteiger partial charge in [0.1, 0.15) is 17.9 Å². The van der Waals surface area contributed by atoms with Crippen molar-refractivity contribution in [3.05, 3.63) is 41.2 Å². The van der Waals surface area contributed by atoms with Crippen LogP contribution in [0, 0.1) is 5.92 Å². The monoisotopic (exact) mass is 462 g/mol. The fourth-order valence-corrected chi connectivity index (χ4v) is 4.79. The molecular weight excluding hydrogens is 428 g/mol. The van der Waals surface area contributed by atoms with E-state index in [1.165, 1.54) is 17.8 Å². The smallest absolute Gasteiger partial charge is 0.407 e. The summed E-state index contributed by atoms with van der Waals surface area (Å²) >= 11 is 0. The molecule has 1 amide bonds. The first-order valence-electron chi connectivity index (χ1n) is 11.2. The summed E-state index contributed by atoms with van der Waals surface area (Å²) in [6.07, 6.45) is 4.37.